The summed E-state index contributed by atoms with van der Waals surface area (Å²) >= 11 is 0. The van der Waals surface area contributed by atoms with Crippen molar-refractivity contribution in [1.29, 1.82) is 0 Å². The number of rotatable bonds is 7. The van der Waals surface area contributed by atoms with Crippen LogP contribution in [0.1, 0.15) is 74.7 Å². The Morgan fingerprint density at radius 3 is 2.64 bits per heavy atom. The molecule has 1 N–H and O–H groups in total. The molecule has 1 aromatic carbocycles. The Hall–Kier alpha value is -1.88. The van der Waals surface area contributed by atoms with Crippen LogP contribution < -0.4 is 5.32 Å². The van der Waals surface area contributed by atoms with Gasteiger partial charge in [-0.15, -0.1) is 0 Å². The van der Waals surface area contributed by atoms with E-state index in [1.807, 2.05) is 38.1 Å². The minimum atomic E-state index is -0.857. The molecule has 0 aromatic heterocycles. The third-order valence-corrected chi connectivity index (χ3v) is 6.18. The summed E-state index contributed by atoms with van der Waals surface area (Å²) in [5.74, 6) is -0.0597. The maximum Gasteiger partial charge on any atom is 0.255 e. The molecule has 2 aliphatic rings. The van der Waals surface area contributed by atoms with Crippen LogP contribution >= 0.6 is 0 Å². The Kier molecular flexibility index (Phi) is 7.11. The van der Waals surface area contributed by atoms with Crippen molar-refractivity contribution in [2.45, 2.75) is 76.8 Å². The first-order valence-corrected chi connectivity index (χ1v) is 10.8. The second-order valence-electron chi connectivity index (χ2n) is 8.28. The number of amides is 2. The zero-order valence-corrected chi connectivity index (χ0v) is 17.3. The smallest absolute Gasteiger partial charge is 0.255 e. The lowest BCUT2D eigenvalue weighted by atomic mass is 9.82. The number of hydrogen-bond donors (Lipinski definition) is 1. The highest BCUT2D eigenvalue weighted by Crippen LogP contribution is 2.32. The van der Waals surface area contributed by atoms with E-state index in [0.29, 0.717) is 26.2 Å². The average Bonchev–Trinajstić information content (AvgIpc) is 2.96. The molecule has 1 atom stereocenters. The first kappa shape index (κ1) is 20.8. The number of hydrogen-bond acceptors (Lipinski definition) is 3. The molecule has 1 aromatic rings. The van der Waals surface area contributed by atoms with Crippen LogP contribution in [0.3, 0.4) is 0 Å². The molecular formula is C23H34N2O3. The van der Waals surface area contributed by atoms with Gasteiger partial charge in [0.1, 0.15) is 5.54 Å². The number of carbonyl (C=O) groups excluding carboxylic acids is 2. The van der Waals surface area contributed by atoms with Crippen LogP contribution in [-0.2, 0) is 16.0 Å². The summed E-state index contributed by atoms with van der Waals surface area (Å²) in [5.41, 5.74) is 0.829. The molecule has 2 amide bonds. The Morgan fingerprint density at radius 1 is 1.21 bits per heavy atom. The van der Waals surface area contributed by atoms with Gasteiger partial charge in [0.15, 0.2) is 0 Å². The van der Waals surface area contributed by atoms with Crippen LogP contribution in [0.4, 0.5) is 0 Å². The van der Waals surface area contributed by atoms with Gasteiger partial charge in [-0.2, -0.15) is 0 Å². The number of fused-ring (bicyclic) bond motifs is 1. The molecule has 1 heterocycles. The molecule has 1 saturated carbocycles. The highest BCUT2D eigenvalue weighted by molar-refractivity contribution is 6.02. The van der Waals surface area contributed by atoms with E-state index in [2.05, 4.69) is 5.32 Å². The third-order valence-electron chi connectivity index (χ3n) is 6.18. The molecule has 1 fully saturated rings. The molecular weight excluding hydrogens is 352 g/mol. The van der Waals surface area contributed by atoms with Crippen molar-refractivity contribution < 1.29 is 14.3 Å². The van der Waals surface area contributed by atoms with E-state index in [0.717, 1.165) is 30.4 Å². The molecule has 5 nitrogen and oxygen atoms in total. The average molecular weight is 387 g/mol. The van der Waals surface area contributed by atoms with E-state index in [-0.39, 0.29) is 17.9 Å². The van der Waals surface area contributed by atoms with Crippen molar-refractivity contribution in [3.63, 3.8) is 0 Å². The van der Waals surface area contributed by atoms with Crippen LogP contribution in [0.2, 0.25) is 0 Å². The van der Waals surface area contributed by atoms with Crippen LogP contribution in [0.25, 0.3) is 0 Å². The minimum Gasteiger partial charge on any atom is -0.382 e. The van der Waals surface area contributed by atoms with Gasteiger partial charge in [0, 0.05) is 37.8 Å². The molecule has 154 valence electrons. The van der Waals surface area contributed by atoms with Gasteiger partial charge < -0.3 is 15.0 Å². The summed E-state index contributed by atoms with van der Waals surface area (Å²) in [4.78, 5) is 28.4. The van der Waals surface area contributed by atoms with Crippen molar-refractivity contribution in [1.82, 2.24) is 10.2 Å². The fourth-order valence-electron chi connectivity index (χ4n) is 4.50. The van der Waals surface area contributed by atoms with Crippen LogP contribution in [0.15, 0.2) is 24.3 Å². The lowest BCUT2D eigenvalue weighted by Crippen LogP contribution is -2.63. The van der Waals surface area contributed by atoms with Gasteiger partial charge in [0.05, 0.1) is 0 Å². The van der Waals surface area contributed by atoms with Gasteiger partial charge in [-0.05, 0) is 44.7 Å². The summed E-state index contributed by atoms with van der Waals surface area (Å²) < 4.78 is 5.45. The number of carbonyl (C=O) groups is 2. The highest BCUT2D eigenvalue weighted by Gasteiger charge is 2.46. The molecule has 1 aliphatic carbocycles. The van der Waals surface area contributed by atoms with Crippen molar-refractivity contribution >= 4 is 11.8 Å². The molecule has 0 radical (unpaired) electrons. The van der Waals surface area contributed by atoms with Crippen LogP contribution in [0.5, 0.6) is 0 Å². The van der Waals surface area contributed by atoms with Crippen molar-refractivity contribution in [2.75, 3.05) is 19.8 Å². The first-order valence-electron chi connectivity index (χ1n) is 10.8. The number of nitrogens with zero attached hydrogens (tertiary/aromatic N) is 1. The van der Waals surface area contributed by atoms with Gasteiger partial charge in [0.2, 0.25) is 5.91 Å². The molecule has 0 spiro atoms. The Labute approximate surface area is 168 Å². The quantitative estimate of drug-likeness (QED) is 0.574. The number of ether oxygens (including phenoxy) is 1. The van der Waals surface area contributed by atoms with Crippen molar-refractivity contribution in [2.24, 2.45) is 0 Å². The lowest BCUT2D eigenvalue weighted by Gasteiger charge is -2.44. The van der Waals surface area contributed by atoms with Gasteiger partial charge in [-0.25, -0.2) is 0 Å². The number of benzene rings is 1. The molecule has 28 heavy (non-hydrogen) atoms. The Balaban J connectivity index is 1.80. The predicted molar refractivity (Wildman–Crippen MR) is 110 cm³/mol. The summed E-state index contributed by atoms with van der Waals surface area (Å²) in [5, 5.41) is 3.29. The summed E-state index contributed by atoms with van der Waals surface area (Å²) in [7, 11) is 0. The van der Waals surface area contributed by atoms with Gasteiger partial charge in [0.25, 0.3) is 5.91 Å². The zero-order valence-electron chi connectivity index (χ0n) is 17.3. The Morgan fingerprint density at radius 2 is 1.93 bits per heavy atom. The molecule has 1 unspecified atom stereocenters. The van der Waals surface area contributed by atoms with Crippen LogP contribution in [0, 0.1) is 0 Å². The maximum atomic E-state index is 13.4. The summed E-state index contributed by atoms with van der Waals surface area (Å²) in [6.07, 6.45) is 8.20. The van der Waals surface area contributed by atoms with Gasteiger partial charge in [-0.1, -0.05) is 43.9 Å². The van der Waals surface area contributed by atoms with E-state index in [1.54, 1.807) is 4.90 Å². The second kappa shape index (κ2) is 9.55. The molecule has 5 heteroatoms. The standard InChI is InChI=1S/C23H34N2O3/c1-3-28-16-10-15-25-21(26)20-14-9-8-11-18(20)17-23(25,2)22(27)24-19-12-6-4-5-7-13-19/h8-9,11,14,19H,3-7,10,12-13,15-17H2,1-2H3,(H,24,27). The third kappa shape index (κ3) is 4.57. The van der Waals surface area contributed by atoms with E-state index in [4.69, 9.17) is 4.74 Å². The van der Waals surface area contributed by atoms with Gasteiger partial charge in [-0.3, -0.25) is 9.59 Å². The number of nitrogens with one attached hydrogen (secondary N) is 1. The zero-order chi connectivity index (χ0) is 20.0. The lowest BCUT2D eigenvalue weighted by molar-refractivity contribution is -0.132. The normalized spacial score (nSPS) is 23.2. The van der Waals surface area contributed by atoms with Crippen molar-refractivity contribution in [3.05, 3.63) is 35.4 Å². The molecule has 1 aliphatic heterocycles. The van der Waals surface area contributed by atoms with E-state index < -0.39 is 5.54 Å². The first-order chi connectivity index (χ1) is 13.6. The molecule has 0 bridgehead atoms. The fourth-order valence-corrected chi connectivity index (χ4v) is 4.50. The summed E-state index contributed by atoms with van der Waals surface area (Å²) in [6, 6.07) is 7.91. The second-order valence-corrected chi connectivity index (χ2v) is 8.28. The molecule has 3 rings (SSSR count). The van der Waals surface area contributed by atoms with E-state index in [9.17, 15) is 9.59 Å². The summed E-state index contributed by atoms with van der Waals surface area (Å²) in [6.45, 7) is 5.68. The SMILES string of the molecule is CCOCCCN1C(=O)c2ccccc2CC1(C)C(=O)NC1CCCCCC1. The van der Waals surface area contributed by atoms with Crippen molar-refractivity contribution in [3.8, 4) is 0 Å². The Bertz CT molecular complexity index is 682. The molecule has 0 saturated heterocycles. The monoisotopic (exact) mass is 386 g/mol. The van der Waals surface area contributed by atoms with E-state index >= 15 is 0 Å². The minimum absolute atomic E-state index is 0.0151. The maximum absolute atomic E-state index is 13.4. The van der Waals surface area contributed by atoms with Gasteiger partial charge >= 0.3 is 0 Å². The largest absolute Gasteiger partial charge is 0.382 e. The fraction of sp³-hybridized carbons (Fsp3) is 0.652. The predicted octanol–water partition coefficient (Wildman–Crippen LogP) is 3.71. The van der Waals surface area contributed by atoms with Crippen LogP contribution in [-0.4, -0.2) is 48.1 Å². The highest BCUT2D eigenvalue weighted by atomic mass is 16.5. The van der Waals surface area contributed by atoms with E-state index in [1.165, 1.54) is 25.7 Å². The topological polar surface area (TPSA) is 58.6 Å².